The Hall–Kier alpha value is -3.58. The molecule has 3 aromatic rings. The monoisotopic (exact) mass is 428 g/mol. The van der Waals surface area contributed by atoms with Gasteiger partial charge in [-0.2, -0.15) is 0 Å². The number of carbonyl (C=O) groups excluding carboxylic acids is 1. The van der Waals surface area contributed by atoms with Crippen molar-refractivity contribution in [2.24, 2.45) is 4.99 Å². The predicted molar refractivity (Wildman–Crippen MR) is 120 cm³/mol. The summed E-state index contributed by atoms with van der Waals surface area (Å²) in [5.74, 6) is 0.0284. The van der Waals surface area contributed by atoms with Gasteiger partial charge in [-0.25, -0.2) is 9.97 Å². The average Bonchev–Trinajstić information content (AvgIpc) is 3.21. The Morgan fingerprint density at radius 2 is 1.94 bits per heavy atom. The van der Waals surface area contributed by atoms with Crippen LogP contribution in [-0.4, -0.2) is 45.3 Å². The number of ether oxygens (including phenoxy) is 1. The molecule has 0 bridgehead atoms. The van der Waals surface area contributed by atoms with E-state index in [0.717, 1.165) is 44.7 Å². The lowest BCUT2D eigenvalue weighted by atomic mass is 9.90. The first-order chi connectivity index (χ1) is 15.6. The van der Waals surface area contributed by atoms with Crippen molar-refractivity contribution in [3.8, 4) is 6.01 Å². The molecule has 5 rings (SSSR count). The smallest absolute Gasteiger partial charge is 0.316 e. The molecular weight excluding hydrogens is 404 g/mol. The van der Waals surface area contributed by atoms with Crippen LogP contribution in [0.1, 0.15) is 45.0 Å². The second-order valence-electron chi connectivity index (χ2n) is 8.21. The maximum atomic E-state index is 13.0. The molecule has 1 N–H and O–H groups in total. The molecule has 0 fully saturated rings. The van der Waals surface area contributed by atoms with Gasteiger partial charge in [0.15, 0.2) is 0 Å². The number of aryl methyl sites for hydroxylation is 1. The van der Waals surface area contributed by atoms with Crippen molar-refractivity contribution >= 4 is 11.6 Å². The third kappa shape index (κ3) is 3.54. The number of benzene rings is 2. The van der Waals surface area contributed by atoms with Gasteiger partial charge in [-0.05, 0) is 35.2 Å². The van der Waals surface area contributed by atoms with Crippen molar-refractivity contribution < 1.29 is 14.6 Å². The lowest BCUT2D eigenvalue weighted by Gasteiger charge is -2.35. The summed E-state index contributed by atoms with van der Waals surface area (Å²) in [6.45, 7) is 2.92. The molecule has 1 atom stereocenters. The van der Waals surface area contributed by atoms with Gasteiger partial charge < -0.3 is 14.7 Å². The van der Waals surface area contributed by atoms with Gasteiger partial charge in [0.25, 0.3) is 0 Å². The van der Waals surface area contributed by atoms with Crippen LogP contribution in [0.4, 0.5) is 0 Å². The Morgan fingerprint density at radius 1 is 1.12 bits per heavy atom. The zero-order valence-corrected chi connectivity index (χ0v) is 18.1. The van der Waals surface area contributed by atoms with E-state index in [2.05, 4.69) is 22.1 Å². The van der Waals surface area contributed by atoms with E-state index in [-0.39, 0.29) is 18.6 Å². The third-order valence-electron chi connectivity index (χ3n) is 6.15. The number of aliphatic hydroxyl groups is 1. The SMILES string of the molecule is COc1ncc(C2=NCc3cc4c(cc32)CN([C@H](CO)c2cccc(C)c2)C(=O)C4)cn1. The molecule has 2 aliphatic heterocycles. The molecule has 32 heavy (non-hydrogen) atoms. The predicted octanol–water partition coefficient (Wildman–Crippen LogP) is 2.76. The quantitative estimate of drug-likeness (QED) is 0.675. The van der Waals surface area contributed by atoms with Crippen LogP contribution >= 0.6 is 0 Å². The number of aliphatic hydroxyl groups excluding tert-OH is 1. The van der Waals surface area contributed by atoms with Gasteiger partial charge in [0.2, 0.25) is 5.91 Å². The van der Waals surface area contributed by atoms with Gasteiger partial charge >= 0.3 is 6.01 Å². The number of fused-ring (bicyclic) bond motifs is 2. The number of rotatable bonds is 5. The van der Waals surface area contributed by atoms with E-state index in [1.807, 2.05) is 31.2 Å². The number of carbonyl (C=O) groups is 1. The van der Waals surface area contributed by atoms with E-state index in [0.29, 0.717) is 25.5 Å². The lowest BCUT2D eigenvalue weighted by Crippen LogP contribution is -2.40. The van der Waals surface area contributed by atoms with Gasteiger partial charge in [0, 0.05) is 30.1 Å². The third-order valence-corrected chi connectivity index (χ3v) is 6.15. The van der Waals surface area contributed by atoms with Crippen LogP contribution in [0.2, 0.25) is 0 Å². The van der Waals surface area contributed by atoms with Crippen molar-refractivity contribution in [2.75, 3.05) is 13.7 Å². The van der Waals surface area contributed by atoms with Crippen molar-refractivity contribution in [3.63, 3.8) is 0 Å². The van der Waals surface area contributed by atoms with E-state index >= 15 is 0 Å². The minimum atomic E-state index is -0.369. The summed E-state index contributed by atoms with van der Waals surface area (Å²) in [4.78, 5) is 27.9. The zero-order valence-electron chi connectivity index (χ0n) is 18.1. The van der Waals surface area contributed by atoms with Gasteiger partial charge in [-0.15, -0.1) is 0 Å². The molecule has 0 saturated carbocycles. The summed E-state index contributed by atoms with van der Waals surface area (Å²) >= 11 is 0. The Kier molecular flexibility index (Phi) is 5.19. The Balaban J connectivity index is 1.47. The summed E-state index contributed by atoms with van der Waals surface area (Å²) in [7, 11) is 1.53. The maximum absolute atomic E-state index is 13.0. The summed E-state index contributed by atoms with van der Waals surface area (Å²) in [5, 5.41) is 10.1. The number of hydrogen-bond donors (Lipinski definition) is 1. The molecule has 2 aromatic carbocycles. The Labute approximate surface area is 186 Å². The lowest BCUT2D eigenvalue weighted by molar-refractivity contribution is -0.135. The number of amides is 1. The number of aliphatic imine (C=N–C) groups is 1. The molecule has 162 valence electrons. The number of aromatic nitrogens is 2. The van der Waals surface area contributed by atoms with Crippen molar-refractivity contribution in [3.05, 3.63) is 87.7 Å². The van der Waals surface area contributed by atoms with Crippen molar-refractivity contribution in [1.82, 2.24) is 14.9 Å². The van der Waals surface area contributed by atoms with E-state index in [1.165, 1.54) is 7.11 Å². The molecular formula is C25H24N4O3. The summed E-state index contributed by atoms with van der Waals surface area (Å²) < 4.78 is 5.05. The first-order valence-electron chi connectivity index (χ1n) is 10.6. The average molecular weight is 428 g/mol. The van der Waals surface area contributed by atoms with Gasteiger partial charge in [-0.1, -0.05) is 35.9 Å². The van der Waals surface area contributed by atoms with Crippen molar-refractivity contribution in [2.45, 2.75) is 32.5 Å². The molecule has 0 spiro atoms. The fourth-order valence-corrected chi connectivity index (χ4v) is 4.52. The van der Waals surface area contributed by atoms with Crippen LogP contribution < -0.4 is 4.74 Å². The molecule has 7 nitrogen and oxygen atoms in total. The van der Waals surface area contributed by atoms with Crippen LogP contribution in [0.3, 0.4) is 0 Å². The molecule has 1 aromatic heterocycles. The highest BCUT2D eigenvalue weighted by Crippen LogP contribution is 2.33. The minimum Gasteiger partial charge on any atom is -0.467 e. The molecule has 0 saturated heterocycles. The van der Waals surface area contributed by atoms with E-state index in [9.17, 15) is 9.90 Å². The molecule has 0 radical (unpaired) electrons. The Morgan fingerprint density at radius 3 is 2.66 bits per heavy atom. The van der Waals surface area contributed by atoms with E-state index in [4.69, 9.17) is 9.73 Å². The van der Waals surface area contributed by atoms with Crippen LogP contribution in [0.15, 0.2) is 53.8 Å². The van der Waals surface area contributed by atoms with Crippen LogP contribution in [0.5, 0.6) is 6.01 Å². The highest BCUT2D eigenvalue weighted by atomic mass is 16.5. The fraction of sp³-hybridized carbons (Fsp3) is 0.280. The molecule has 1 amide bonds. The molecule has 3 heterocycles. The fourth-order valence-electron chi connectivity index (χ4n) is 4.52. The standard InChI is InChI=1S/C25H24N4O3/c1-15-4-3-5-16(6-15)22(14-30)29-13-19-8-21-18(7-17(19)9-23(29)31)10-26-24(21)20-11-27-25(32-2)28-12-20/h3-8,11-12,22,30H,9-10,13-14H2,1-2H3/t22-/m1/s1. The van der Waals surface area contributed by atoms with Crippen LogP contribution in [0, 0.1) is 6.92 Å². The topological polar surface area (TPSA) is 87.9 Å². The first kappa shape index (κ1) is 20.3. The van der Waals surface area contributed by atoms with Crippen LogP contribution in [0.25, 0.3) is 0 Å². The van der Waals surface area contributed by atoms with Gasteiger partial charge in [-0.3, -0.25) is 9.79 Å². The molecule has 0 aliphatic carbocycles. The second-order valence-corrected chi connectivity index (χ2v) is 8.21. The van der Waals surface area contributed by atoms with E-state index < -0.39 is 0 Å². The normalized spacial score (nSPS) is 15.8. The molecule has 0 unspecified atom stereocenters. The summed E-state index contributed by atoms with van der Waals surface area (Å²) in [6.07, 6.45) is 3.76. The number of nitrogens with zero attached hydrogens (tertiary/aromatic N) is 4. The highest BCUT2D eigenvalue weighted by molar-refractivity contribution is 6.15. The number of methoxy groups -OCH3 is 1. The Bertz CT molecular complexity index is 1220. The van der Waals surface area contributed by atoms with E-state index in [1.54, 1.807) is 17.3 Å². The zero-order chi connectivity index (χ0) is 22.2. The maximum Gasteiger partial charge on any atom is 0.316 e. The number of hydrogen-bond acceptors (Lipinski definition) is 6. The van der Waals surface area contributed by atoms with Crippen molar-refractivity contribution in [1.29, 1.82) is 0 Å². The first-order valence-corrected chi connectivity index (χ1v) is 10.6. The van der Waals surface area contributed by atoms with Crippen LogP contribution in [-0.2, 0) is 24.3 Å². The second kappa shape index (κ2) is 8.16. The highest BCUT2D eigenvalue weighted by Gasteiger charge is 2.31. The molecule has 2 aliphatic rings. The van der Waals surface area contributed by atoms with Gasteiger partial charge in [0.1, 0.15) is 0 Å². The summed E-state index contributed by atoms with van der Waals surface area (Å²) in [5.41, 5.74) is 8.00. The largest absolute Gasteiger partial charge is 0.467 e. The molecule has 7 heteroatoms. The van der Waals surface area contributed by atoms with Gasteiger partial charge in [0.05, 0.1) is 38.4 Å². The minimum absolute atomic E-state index is 0.0284. The summed E-state index contributed by atoms with van der Waals surface area (Å²) in [6, 6.07) is 12.1.